The number of amides is 1. The zero-order valence-electron chi connectivity index (χ0n) is 19.2. The lowest BCUT2D eigenvalue weighted by molar-refractivity contribution is -0.127. The summed E-state index contributed by atoms with van der Waals surface area (Å²) in [6.07, 6.45) is 1.71. The SMILES string of the molecule is CCCCn1c(=O)[nH]c(=O)c2c1nc(CSc1nnc(SCC(=O)N(CC)CC)n1N)n2C. The number of nitrogens with one attached hydrogen (secondary N) is 1. The minimum Gasteiger partial charge on any atom is -0.343 e. The molecule has 3 N–H and O–H groups in total. The fourth-order valence-corrected chi connectivity index (χ4v) is 4.99. The highest BCUT2D eigenvalue weighted by molar-refractivity contribution is 8.00. The zero-order chi connectivity index (χ0) is 24.1. The smallest absolute Gasteiger partial charge is 0.330 e. The Hall–Kier alpha value is -2.74. The van der Waals surface area contributed by atoms with E-state index < -0.39 is 11.2 Å². The number of nitrogens with two attached hydrogens (primary N) is 1. The van der Waals surface area contributed by atoms with Gasteiger partial charge in [0.1, 0.15) is 5.82 Å². The van der Waals surface area contributed by atoms with Gasteiger partial charge in [-0.15, -0.1) is 10.2 Å². The van der Waals surface area contributed by atoms with Gasteiger partial charge in [-0.3, -0.25) is 19.1 Å². The van der Waals surface area contributed by atoms with Crippen LogP contribution in [0, 0.1) is 0 Å². The van der Waals surface area contributed by atoms with Crippen LogP contribution in [0.15, 0.2) is 19.9 Å². The van der Waals surface area contributed by atoms with E-state index in [9.17, 15) is 14.4 Å². The van der Waals surface area contributed by atoms with Gasteiger partial charge in [-0.1, -0.05) is 36.9 Å². The standard InChI is InChI=1S/C19H29N9O3S2/c1-5-8-9-27-15-14(16(30)22-17(27)31)25(4)12(21-15)10-32-18-23-24-19(28(18)20)33-11-13(29)26(6-2)7-3/h5-11,20H2,1-4H3,(H,22,30,31). The maximum Gasteiger partial charge on any atom is 0.330 e. The molecule has 14 heteroatoms. The van der Waals surface area contributed by atoms with Gasteiger partial charge in [0.05, 0.1) is 11.5 Å². The number of aryl methyl sites for hydroxylation is 2. The van der Waals surface area contributed by atoms with E-state index in [1.807, 2.05) is 20.8 Å². The topological polar surface area (TPSA) is 150 Å². The monoisotopic (exact) mass is 495 g/mol. The number of carbonyl (C=O) groups is 1. The number of imidazole rings is 1. The van der Waals surface area contributed by atoms with E-state index in [0.717, 1.165) is 12.8 Å². The molecule has 33 heavy (non-hydrogen) atoms. The van der Waals surface area contributed by atoms with E-state index >= 15 is 0 Å². The van der Waals surface area contributed by atoms with E-state index in [2.05, 4.69) is 20.2 Å². The molecule has 0 fully saturated rings. The average molecular weight is 496 g/mol. The van der Waals surface area contributed by atoms with Crippen molar-refractivity contribution in [3.8, 4) is 0 Å². The van der Waals surface area contributed by atoms with Crippen molar-refractivity contribution in [1.29, 1.82) is 0 Å². The summed E-state index contributed by atoms with van der Waals surface area (Å²) in [7, 11) is 1.74. The summed E-state index contributed by atoms with van der Waals surface area (Å²) in [5, 5.41) is 9.09. The normalized spacial score (nSPS) is 11.4. The maximum absolute atomic E-state index is 12.4. The molecule has 0 saturated carbocycles. The Kier molecular flexibility index (Phi) is 8.24. The predicted octanol–water partition coefficient (Wildman–Crippen LogP) is 0.782. The van der Waals surface area contributed by atoms with E-state index in [-0.39, 0.29) is 11.7 Å². The first kappa shape index (κ1) is 24.9. The molecule has 0 aliphatic carbocycles. The summed E-state index contributed by atoms with van der Waals surface area (Å²) in [6.45, 7) is 7.69. The largest absolute Gasteiger partial charge is 0.343 e. The summed E-state index contributed by atoms with van der Waals surface area (Å²) < 4.78 is 4.53. The first-order valence-electron chi connectivity index (χ1n) is 10.7. The minimum absolute atomic E-state index is 0.0150. The van der Waals surface area contributed by atoms with Gasteiger partial charge in [-0.05, 0) is 20.3 Å². The zero-order valence-corrected chi connectivity index (χ0v) is 20.8. The fraction of sp³-hybridized carbons (Fsp3) is 0.579. The number of nitrogens with zero attached hydrogens (tertiary/aromatic N) is 7. The molecule has 180 valence electrons. The number of H-pyrrole nitrogens is 1. The van der Waals surface area contributed by atoms with Gasteiger partial charge in [0, 0.05) is 26.7 Å². The van der Waals surface area contributed by atoms with E-state index in [1.54, 1.807) is 16.5 Å². The van der Waals surface area contributed by atoms with Crippen LogP contribution in [0.3, 0.4) is 0 Å². The van der Waals surface area contributed by atoms with Crippen LogP contribution in [0.1, 0.15) is 39.4 Å². The highest BCUT2D eigenvalue weighted by Gasteiger charge is 2.19. The summed E-state index contributed by atoms with van der Waals surface area (Å²) >= 11 is 2.54. The summed E-state index contributed by atoms with van der Waals surface area (Å²) in [5.41, 5.74) is -0.203. The molecule has 0 radical (unpaired) electrons. The van der Waals surface area contributed by atoms with Gasteiger partial charge in [0.2, 0.25) is 16.2 Å². The van der Waals surface area contributed by atoms with Crippen LogP contribution in [0.25, 0.3) is 11.2 Å². The molecule has 0 atom stereocenters. The number of thioether (sulfide) groups is 2. The molecule has 0 aliphatic heterocycles. The van der Waals surface area contributed by atoms with Gasteiger partial charge < -0.3 is 15.3 Å². The second-order valence-electron chi connectivity index (χ2n) is 7.30. The molecule has 3 aromatic rings. The third-order valence-corrected chi connectivity index (χ3v) is 7.11. The number of unbranched alkanes of at least 4 members (excludes halogenated alkanes) is 1. The highest BCUT2D eigenvalue weighted by atomic mass is 32.2. The molecule has 0 saturated heterocycles. The van der Waals surface area contributed by atoms with Crippen molar-refractivity contribution in [3.05, 3.63) is 26.7 Å². The van der Waals surface area contributed by atoms with Crippen LogP contribution >= 0.6 is 23.5 Å². The van der Waals surface area contributed by atoms with Gasteiger partial charge in [0.15, 0.2) is 11.2 Å². The minimum atomic E-state index is -0.465. The third kappa shape index (κ3) is 5.27. The first-order chi connectivity index (χ1) is 15.8. The number of carbonyl (C=O) groups excluding carboxylic acids is 1. The molecule has 3 rings (SSSR count). The van der Waals surface area contributed by atoms with Crippen LogP contribution in [-0.2, 0) is 24.1 Å². The summed E-state index contributed by atoms with van der Waals surface area (Å²) in [4.78, 5) is 45.6. The molecular formula is C19H29N9O3S2. The van der Waals surface area contributed by atoms with Crippen molar-refractivity contribution in [3.63, 3.8) is 0 Å². The quantitative estimate of drug-likeness (QED) is 0.290. The van der Waals surface area contributed by atoms with Gasteiger partial charge in [-0.25, -0.2) is 14.5 Å². The predicted molar refractivity (Wildman–Crippen MR) is 129 cm³/mol. The number of hydrogen-bond acceptors (Lipinski definition) is 9. The van der Waals surface area contributed by atoms with Crippen LogP contribution in [0.5, 0.6) is 0 Å². The lowest BCUT2D eigenvalue weighted by atomic mass is 10.3. The lowest BCUT2D eigenvalue weighted by Crippen LogP contribution is -2.32. The van der Waals surface area contributed by atoms with Crippen LogP contribution in [-0.4, -0.2) is 63.6 Å². The maximum atomic E-state index is 12.4. The molecule has 3 heterocycles. The average Bonchev–Trinajstić information content (AvgIpc) is 3.31. The molecule has 0 unspecified atom stereocenters. The lowest BCUT2D eigenvalue weighted by Gasteiger charge is -2.17. The summed E-state index contributed by atoms with van der Waals surface area (Å²) in [5.74, 6) is 7.34. The molecule has 0 bridgehead atoms. The molecule has 12 nitrogen and oxygen atoms in total. The van der Waals surface area contributed by atoms with Crippen molar-refractivity contribution >= 4 is 40.6 Å². The van der Waals surface area contributed by atoms with Crippen LogP contribution in [0.2, 0.25) is 0 Å². The third-order valence-electron chi connectivity index (χ3n) is 5.25. The van der Waals surface area contributed by atoms with Crippen LogP contribution in [0.4, 0.5) is 0 Å². The molecular weight excluding hydrogens is 466 g/mol. The number of fused-ring (bicyclic) bond motifs is 1. The fourth-order valence-electron chi connectivity index (χ4n) is 3.33. The Morgan fingerprint density at radius 2 is 1.79 bits per heavy atom. The van der Waals surface area contributed by atoms with Crippen molar-refractivity contribution in [2.24, 2.45) is 7.05 Å². The number of aromatic amines is 1. The number of aromatic nitrogens is 7. The number of hydrogen-bond donors (Lipinski definition) is 2. The molecule has 0 aliphatic rings. The van der Waals surface area contributed by atoms with Crippen molar-refractivity contribution in [2.45, 2.75) is 56.2 Å². The Bertz CT molecular complexity index is 1240. The van der Waals surface area contributed by atoms with Gasteiger partial charge >= 0.3 is 5.69 Å². The second kappa shape index (κ2) is 10.9. The van der Waals surface area contributed by atoms with E-state index in [0.29, 0.717) is 52.7 Å². The number of rotatable bonds is 11. The Balaban J connectivity index is 1.76. The molecule has 1 amide bonds. The molecule has 0 aromatic carbocycles. The second-order valence-corrected chi connectivity index (χ2v) is 9.19. The molecule has 3 aromatic heterocycles. The Labute approximate surface area is 198 Å². The van der Waals surface area contributed by atoms with E-state index in [1.165, 1.54) is 32.8 Å². The van der Waals surface area contributed by atoms with E-state index in [4.69, 9.17) is 5.84 Å². The molecule has 0 spiro atoms. The first-order valence-corrected chi connectivity index (χ1v) is 12.7. The van der Waals surface area contributed by atoms with Gasteiger partial charge in [0.25, 0.3) is 5.56 Å². The summed E-state index contributed by atoms with van der Waals surface area (Å²) in [6, 6.07) is 0. The van der Waals surface area contributed by atoms with Gasteiger partial charge in [-0.2, -0.15) is 0 Å². The van der Waals surface area contributed by atoms with Crippen molar-refractivity contribution in [1.82, 2.24) is 38.9 Å². The highest BCUT2D eigenvalue weighted by Crippen LogP contribution is 2.24. The number of nitrogen functional groups attached to an aromatic ring is 1. The Morgan fingerprint density at radius 3 is 2.42 bits per heavy atom. The van der Waals surface area contributed by atoms with Crippen LogP contribution < -0.4 is 17.1 Å². The van der Waals surface area contributed by atoms with Crippen molar-refractivity contribution < 1.29 is 4.79 Å². The van der Waals surface area contributed by atoms with Crippen molar-refractivity contribution in [2.75, 3.05) is 24.7 Å². The Morgan fingerprint density at radius 1 is 1.12 bits per heavy atom.